The van der Waals surface area contributed by atoms with Crippen molar-refractivity contribution in [3.05, 3.63) is 58.7 Å². The number of rotatable bonds is 5. The highest BCUT2D eigenvalue weighted by Gasteiger charge is 2.24. The summed E-state index contributed by atoms with van der Waals surface area (Å²) in [5, 5.41) is 19.2. The Hall–Kier alpha value is -3.33. The molecule has 6 nitrogen and oxygen atoms in total. The van der Waals surface area contributed by atoms with E-state index >= 15 is 0 Å². The number of methoxy groups -OCH3 is 1. The molecule has 25 heavy (non-hydrogen) atoms. The number of carbonyl (C=O) groups is 2. The van der Waals surface area contributed by atoms with Crippen molar-refractivity contribution in [2.45, 2.75) is 20.0 Å². The lowest BCUT2D eigenvalue weighted by molar-refractivity contribution is 0.0375. The number of nitriles is 1. The fraction of sp³-hybridized carbons (Fsp3) is 0.211. The summed E-state index contributed by atoms with van der Waals surface area (Å²) in [5.74, 6) is -1.53. The Morgan fingerprint density at radius 1 is 1.12 bits per heavy atom. The van der Waals surface area contributed by atoms with Crippen LogP contribution in [-0.4, -0.2) is 30.1 Å². The zero-order valence-corrected chi connectivity index (χ0v) is 14.1. The van der Waals surface area contributed by atoms with Crippen molar-refractivity contribution >= 4 is 11.8 Å². The number of aromatic hydroxyl groups is 1. The summed E-state index contributed by atoms with van der Waals surface area (Å²) >= 11 is 0. The van der Waals surface area contributed by atoms with E-state index < -0.39 is 11.8 Å². The number of carbonyl (C=O) groups excluding carboxylic acids is 2. The predicted molar refractivity (Wildman–Crippen MR) is 89.8 cm³/mol. The summed E-state index contributed by atoms with van der Waals surface area (Å²) in [5.41, 5.74) is 0.201. The van der Waals surface area contributed by atoms with E-state index in [0.29, 0.717) is 0 Å². The zero-order valence-electron chi connectivity index (χ0n) is 14.1. The van der Waals surface area contributed by atoms with E-state index in [2.05, 4.69) is 0 Å². The number of hydrogen-bond acceptors (Lipinski definition) is 6. The molecule has 1 N–H and O–H groups in total. The van der Waals surface area contributed by atoms with Gasteiger partial charge in [0.15, 0.2) is 17.3 Å². The van der Waals surface area contributed by atoms with Crippen LogP contribution in [0.3, 0.4) is 0 Å². The van der Waals surface area contributed by atoms with Crippen LogP contribution in [0, 0.1) is 11.3 Å². The Kier molecular flexibility index (Phi) is 5.40. The maximum absolute atomic E-state index is 12.9. The number of phenols is 1. The Morgan fingerprint density at radius 2 is 1.80 bits per heavy atom. The van der Waals surface area contributed by atoms with Crippen molar-refractivity contribution in [2.75, 3.05) is 7.11 Å². The minimum Gasteiger partial charge on any atom is -0.504 e. The van der Waals surface area contributed by atoms with Crippen LogP contribution in [0.4, 0.5) is 0 Å². The van der Waals surface area contributed by atoms with Crippen molar-refractivity contribution in [3.63, 3.8) is 0 Å². The third-order valence-electron chi connectivity index (χ3n) is 3.42. The topological polar surface area (TPSA) is 96.6 Å². The number of nitrogens with zero attached hydrogens (tertiary/aromatic N) is 1. The molecule has 0 saturated heterocycles. The number of benzene rings is 2. The first-order chi connectivity index (χ1) is 11.9. The molecule has 2 aromatic carbocycles. The Morgan fingerprint density at radius 3 is 2.40 bits per heavy atom. The molecule has 0 atom stereocenters. The van der Waals surface area contributed by atoms with Crippen molar-refractivity contribution in [1.29, 1.82) is 5.26 Å². The van der Waals surface area contributed by atoms with E-state index in [1.54, 1.807) is 26.0 Å². The normalized spacial score (nSPS) is 10.2. The molecule has 0 aliphatic carbocycles. The summed E-state index contributed by atoms with van der Waals surface area (Å²) in [4.78, 5) is 25.2. The SMILES string of the molecule is COc1cc(C(=O)OC(C)C)c(C(=O)c2ccccc2C#N)cc1O. The second-order valence-corrected chi connectivity index (χ2v) is 5.51. The number of ether oxygens (including phenoxy) is 2. The van der Waals surface area contributed by atoms with E-state index in [9.17, 15) is 20.0 Å². The van der Waals surface area contributed by atoms with Gasteiger partial charge in [0.25, 0.3) is 0 Å². The number of hydrogen-bond donors (Lipinski definition) is 1. The molecule has 0 saturated carbocycles. The van der Waals surface area contributed by atoms with Gasteiger partial charge in [-0.1, -0.05) is 12.1 Å². The summed E-state index contributed by atoms with van der Waals surface area (Å²) < 4.78 is 10.2. The van der Waals surface area contributed by atoms with Crippen molar-refractivity contribution in [3.8, 4) is 17.6 Å². The number of ketones is 1. The summed E-state index contributed by atoms with van der Waals surface area (Å²) in [6.07, 6.45) is -0.387. The second-order valence-electron chi connectivity index (χ2n) is 5.51. The van der Waals surface area contributed by atoms with Gasteiger partial charge in [-0.05, 0) is 38.1 Å². The van der Waals surface area contributed by atoms with E-state index in [0.717, 1.165) is 6.07 Å². The van der Waals surface area contributed by atoms with Gasteiger partial charge in [0.05, 0.1) is 30.4 Å². The minimum atomic E-state index is -0.717. The summed E-state index contributed by atoms with van der Waals surface area (Å²) in [6.45, 7) is 3.37. The quantitative estimate of drug-likeness (QED) is 0.664. The molecule has 0 radical (unpaired) electrons. The molecule has 2 rings (SSSR count). The Bertz CT molecular complexity index is 865. The van der Waals surface area contributed by atoms with E-state index in [-0.39, 0.29) is 39.9 Å². The zero-order chi connectivity index (χ0) is 18.6. The maximum Gasteiger partial charge on any atom is 0.339 e. The molecule has 0 unspecified atom stereocenters. The molecule has 6 heteroatoms. The molecule has 0 fully saturated rings. The third-order valence-corrected chi connectivity index (χ3v) is 3.42. The van der Waals surface area contributed by atoms with Gasteiger partial charge >= 0.3 is 5.97 Å². The number of esters is 1. The van der Waals surface area contributed by atoms with Crippen LogP contribution in [-0.2, 0) is 4.74 Å². The first-order valence-corrected chi connectivity index (χ1v) is 7.54. The van der Waals surface area contributed by atoms with Crippen LogP contribution in [0.15, 0.2) is 36.4 Å². The Labute approximate surface area is 145 Å². The summed E-state index contributed by atoms with van der Waals surface area (Å²) in [6, 6.07) is 10.6. The minimum absolute atomic E-state index is 0.0407. The van der Waals surface area contributed by atoms with Crippen LogP contribution in [0.5, 0.6) is 11.5 Å². The van der Waals surface area contributed by atoms with Crippen molar-refractivity contribution in [1.82, 2.24) is 0 Å². The second kappa shape index (κ2) is 7.49. The van der Waals surface area contributed by atoms with Crippen LogP contribution >= 0.6 is 0 Å². The lowest BCUT2D eigenvalue weighted by Gasteiger charge is -2.14. The van der Waals surface area contributed by atoms with Crippen LogP contribution in [0.25, 0.3) is 0 Å². The van der Waals surface area contributed by atoms with Crippen molar-refractivity contribution < 1.29 is 24.2 Å². The first kappa shape index (κ1) is 18.0. The average Bonchev–Trinajstić information content (AvgIpc) is 2.60. The fourth-order valence-corrected chi connectivity index (χ4v) is 2.29. The fourth-order valence-electron chi connectivity index (χ4n) is 2.29. The molecular formula is C19H17NO5. The molecule has 128 valence electrons. The molecule has 0 aliphatic rings. The molecule has 0 aromatic heterocycles. The lowest BCUT2D eigenvalue weighted by atomic mass is 9.95. The molecule has 2 aromatic rings. The van der Waals surface area contributed by atoms with Crippen molar-refractivity contribution in [2.24, 2.45) is 0 Å². The Balaban J connectivity index is 2.63. The third kappa shape index (κ3) is 3.78. The number of phenolic OH excluding ortho intramolecular Hbond substituents is 1. The summed E-state index contributed by atoms with van der Waals surface area (Å²) in [7, 11) is 1.33. The largest absolute Gasteiger partial charge is 0.504 e. The monoisotopic (exact) mass is 339 g/mol. The molecule has 0 aliphatic heterocycles. The van der Waals surface area contributed by atoms with Crippen LogP contribution in [0.2, 0.25) is 0 Å². The van der Waals surface area contributed by atoms with Gasteiger partial charge < -0.3 is 14.6 Å². The lowest BCUT2D eigenvalue weighted by Crippen LogP contribution is -2.17. The van der Waals surface area contributed by atoms with Gasteiger partial charge in [-0.15, -0.1) is 0 Å². The molecule has 0 spiro atoms. The molecule has 0 heterocycles. The molecule has 0 amide bonds. The smallest absolute Gasteiger partial charge is 0.339 e. The van der Waals surface area contributed by atoms with Gasteiger partial charge in [-0.3, -0.25) is 4.79 Å². The predicted octanol–water partition coefficient (Wildman–Crippen LogP) is 3.07. The molecule has 0 bridgehead atoms. The molecular weight excluding hydrogens is 322 g/mol. The first-order valence-electron chi connectivity index (χ1n) is 7.54. The standard InChI is InChI=1S/C19H17NO5/c1-11(2)25-19(23)15-9-17(24-3)16(21)8-14(15)18(22)13-7-5-4-6-12(13)10-20/h4-9,11,21H,1-3H3. The highest BCUT2D eigenvalue weighted by atomic mass is 16.5. The van der Waals surface area contributed by atoms with Gasteiger partial charge in [0.1, 0.15) is 0 Å². The van der Waals surface area contributed by atoms with Gasteiger partial charge in [-0.25, -0.2) is 4.79 Å². The van der Waals surface area contributed by atoms with E-state index in [4.69, 9.17) is 9.47 Å². The van der Waals surface area contributed by atoms with Crippen LogP contribution < -0.4 is 4.74 Å². The van der Waals surface area contributed by atoms with E-state index in [1.165, 1.54) is 25.3 Å². The highest BCUT2D eigenvalue weighted by molar-refractivity contribution is 6.16. The van der Waals surface area contributed by atoms with Gasteiger partial charge in [0.2, 0.25) is 0 Å². The van der Waals surface area contributed by atoms with Crippen LogP contribution in [0.1, 0.15) is 45.7 Å². The van der Waals surface area contributed by atoms with Gasteiger partial charge in [-0.2, -0.15) is 5.26 Å². The maximum atomic E-state index is 12.9. The van der Waals surface area contributed by atoms with E-state index in [1.807, 2.05) is 6.07 Å². The average molecular weight is 339 g/mol. The van der Waals surface area contributed by atoms with Gasteiger partial charge in [0, 0.05) is 11.1 Å². The highest BCUT2D eigenvalue weighted by Crippen LogP contribution is 2.31.